The molecule has 0 saturated carbocycles. The first-order chi connectivity index (χ1) is 9.60. The van der Waals surface area contributed by atoms with Crippen molar-refractivity contribution < 1.29 is 8.78 Å². The molecule has 0 aliphatic heterocycles. The van der Waals surface area contributed by atoms with Crippen molar-refractivity contribution in [2.45, 2.75) is 19.4 Å². The van der Waals surface area contributed by atoms with E-state index in [1.807, 2.05) is 19.1 Å². The van der Waals surface area contributed by atoms with Gasteiger partial charge in [-0.3, -0.25) is 0 Å². The van der Waals surface area contributed by atoms with Crippen molar-refractivity contribution in [2.75, 3.05) is 6.54 Å². The number of halogens is 3. The van der Waals surface area contributed by atoms with Gasteiger partial charge < -0.3 is 5.32 Å². The Morgan fingerprint density at radius 2 is 1.75 bits per heavy atom. The van der Waals surface area contributed by atoms with Crippen LogP contribution in [0.1, 0.15) is 30.5 Å². The van der Waals surface area contributed by atoms with Gasteiger partial charge in [0, 0.05) is 11.1 Å². The van der Waals surface area contributed by atoms with Gasteiger partial charge in [0.2, 0.25) is 0 Å². The molecule has 1 unspecified atom stereocenters. The molecule has 0 fully saturated rings. The van der Waals surface area contributed by atoms with Crippen LogP contribution >= 0.6 is 11.6 Å². The van der Waals surface area contributed by atoms with Crippen LogP contribution < -0.4 is 5.32 Å². The molecule has 4 heteroatoms. The second-order valence-corrected chi connectivity index (χ2v) is 5.08. The summed E-state index contributed by atoms with van der Waals surface area (Å²) in [6.45, 7) is 2.78. The molecule has 2 aromatic rings. The lowest BCUT2D eigenvalue weighted by Crippen LogP contribution is -2.23. The largest absolute Gasteiger partial charge is 0.306 e. The van der Waals surface area contributed by atoms with E-state index in [1.54, 1.807) is 12.1 Å². The molecule has 0 spiro atoms. The van der Waals surface area contributed by atoms with Gasteiger partial charge in [-0.15, -0.1) is 0 Å². The van der Waals surface area contributed by atoms with E-state index in [4.69, 9.17) is 11.6 Å². The van der Waals surface area contributed by atoms with E-state index < -0.39 is 11.6 Å². The smallest absolute Gasteiger partial charge is 0.126 e. The Morgan fingerprint density at radius 1 is 1.05 bits per heavy atom. The molecule has 0 radical (unpaired) electrons. The molecule has 1 N–H and O–H groups in total. The molecule has 0 aromatic heterocycles. The predicted molar refractivity (Wildman–Crippen MR) is 77.9 cm³/mol. The first-order valence-electron chi connectivity index (χ1n) is 6.55. The Kier molecular flexibility index (Phi) is 5.10. The Balaban J connectivity index is 2.41. The van der Waals surface area contributed by atoms with Crippen LogP contribution in [0, 0.1) is 11.6 Å². The van der Waals surface area contributed by atoms with Crippen molar-refractivity contribution in [3.05, 3.63) is 70.2 Å². The highest BCUT2D eigenvalue weighted by molar-refractivity contribution is 6.30. The summed E-state index contributed by atoms with van der Waals surface area (Å²) in [5, 5.41) is 3.89. The average Bonchev–Trinajstić information content (AvgIpc) is 2.38. The lowest BCUT2D eigenvalue weighted by molar-refractivity contribution is 0.558. The van der Waals surface area contributed by atoms with Crippen LogP contribution in [0.2, 0.25) is 5.02 Å². The highest BCUT2D eigenvalue weighted by Gasteiger charge is 2.15. The normalized spacial score (nSPS) is 12.4. The molecule has 0 amide bonds. The molecule has 0 heterocycles. The SMILES string of the molecule is CCCNC(c1cc(F)cc(F)c1)c1cccc(Cl)c1. The summed E-state index contributed by atoms with van der Waals surface area (Å²) in [7, 11) is 0. The van der Waals surface area contributed by atoms with Gasteiger partial charge in [0.1, 0.15) is 11.6 Å². The van der Waals surface area contributed by atoms with Gasteiger partial charge in [-0.2, -0.15) is 0 Å². The molecule has 0 aliphatic carbocycles. The first-order valence-corrected chi connectivity index (χ1v) is 6.93. The van der Waals surface area contributed by atoms with Crippen LogP contribution in [0.3, 0.4) is 0 Å². The highest BCUT2D eigenvalue weighted by atomic mass is 35.5. The summed E-state index contributed by atoms with van der Waals surface area (Å²) in [4.78, 5) is 0. The van der Waals surface area contributed by atoms with Crippen molar-refractivity contribution in [1.82, 2.24) is 5.32 Å². The lowest BCUT2D eigenvalue weighted by atomic mass is 9.98. The third-order valence-electron chi connectivity index (χ3n) is 3.00. The summed E-state index contributed by atoms with van der Waals surface area (Å²) in [6.07, 6.45) is 0.925. The van der Waals surface area contributed by atoms with Gasteiger partial charge in [-0.25, -0.2) is 8.78 Å². The van der Waals surface area contributed by atoms with E-state index in [1.165, 1.54) is 12.1 Å². The van der Waals surface area contributed by atoms with Crippen LogP contribution in [0.4, 0.5) is 8.78 Å². The lowest BCUT2D eigenvalue weighted by Gasteiger charge is -2.20. The average molecular weight is 296 g/mol. The minimum Gasteiger partial charge on any atom is -0.306 e. The number of rotatable bonds is 5. The third kappa shape index (κ3) is 3.78. The van der Waals surface area contributed by atoms with E-state index in [0.717, 1.165) is 24.6 Å². The first kappa shape index (κ1) is 14.9. The molecule has 2 rings (SSSR count). The standard InChI is InChI=1S/C16H16ClF2N/c1-2-6-20-16(11-4-3-5-13(17)7-11)12-8-14(18)10-15(19)9-12/h3-5,7-10,16,20H,2,6H2,1H3. The fraction of sp³-hybridized carbons (Fsp3) is 0.250. The second kappa shape index (κ2) is 6.82. The number of hydrogen-bond acceptors (Lipinski definition) is 1. The maximum Gasteiger partial charge on any atom is 0.126 e. The molecule has 0 saturated heterocycles. The Labute approximate surface area is 122 Å². The predicted octanol–water partition coefficient (Wildman–Crippen LogP) is 4.71. The van der Waals surface area contributed by atoms with E-state index in [-0.39, 0.29) is 6.04 Å². The number of hydrogen-bond donors (Lipinski definition) is 1. The van der Waals surface area contributed by atoms with Crippen LogP contribution in [-0.4, -0.2) is 6.54 Å². The maximum absolute atomic E-state index is 13.4. The Hall–Kier alpha value is -1.45. The van der Waals surface area contributed by atoms with Gasteiger partial charge in [-0.1, -0.05) is 30.7 Å². The highest BCUT2D eigenvalue weighted by Crippen LogP contribution is 2.25. The summed E-state index contributed by atoms with van der Waals surface area (Å²) in [6, 6.07) is 10.6. The van der Waals surface area contributed by atoms with Gasteiger partial charge in [0.05, 0.1) is 6.04 Å². The third-order valence-corrected chi connectivity index (χ3v) is 3.23. The molecule has 0 bridgehead atoms. The van der Waals surface area contributed by atoms with Gasteiger partial charge in [0.15, 0.2) is 0 Å². The van der Waals surface area contributed by atoms with Crippen LogP contribution in [0.5, 0.6) is 0 Å². The van der Waals surface area contributed by atoms with Crippen molar-refractivity contribution in [3.63, 3.8) is 0 Å². The Morgan fingerprint density at radius 3 is 2.35 bits per heavy atom. The zero-order valence-electron chi connectivity index (χ0n) is 11.2. The van der Waals surface area contributed by atoms with Gasteiger partial charge in [-0.05, 0) is 48.4 Å². The van der Waals surface area contributed by atoms with E-state index >= 15 is 0 Å². The summed E-state index contributed by atoms with van der Waals surface area (Å²) < 4.78 is 26.8. The van der Waals surface area contributed by atoms with Gasteiger partial charge in [0.25, 0.3) is 0 Å². The summed E-state index contributed by atoms with van der Waals surface area (Å²) in [5.41, 5.74) is 1.44. The minimum absolute atomic E-state index is 0.279. The topological polar surface area (TPSA) is 12.0 Å². The van der Waals surface area contributed by atoms with E-state index in [9.17, 15) is 8.78 Å². The maximum atomic E-state index is 13.4. The number of benzene rings is 2. The Bertz CT molecular complexity index is 566. The van der Waals surface area contributed by atoms with Crippen molar-refractivity contribution in [3.8, 4) is 0 Å². The molecule has 20 heavy (non-hydrogen) atoms. The molecular formula is C16H16ClF2N. The van der Waals surface area contributed by atoms with Crippen molar-refractivity contribution >= 4 is 11.6 Å². The molecule has 2 aromatic carbocycles. The van der Waals surface area contributed by atoms with Gasteiger partial charge >= 0.3 is 0 Å². The van der Waals surface area contributed by atoms with Crippen molar-refractivity contribution in [2.24, 2.45) is 0 Å². The summed E-state index contributed by atoms with van der Waals surface area (Å²) in [5.74, 6) is -1.16. The quantitative estimate of drug-likeness (QED) is 0.842. The molecule has 1 nitrogen and oxygen atoms in total. The van der Waals surface area contributed by atoms with E-state index in [0.29, 0.717) is 10.6 Å². The molecule has 106 valence electrons. The molecule has 0 aliphatic rings. The summed E-state index contributed by atoms with van der Waals surface area (Å²) >= 11 is 6.00. The second-order valence-electron chi connectivity index (χ2n) is 4.64. The van der Waals surface area contributed by atoms with Crippen molar-refractivity contribution in [1.29, 1.82) is 0 Å². The zero-order valence-corrected chi connectivity index (χ0v) is 11.9. The fourth-order valence-corrected chi connectivity index (χ4v) is 2.34. The number of nitrogens with one attached hydrogen (secondary N) is 1. The molecular weight excluding hydrogens is 280 g/mol. The van der Waals surface area contributed by atoms with Crippen LogP contribution in [-0.2, 0) is 0 Å². The van der Waals surface area contributed by atoms with Crippen LogP contribution in [0.15, 0.2) is 42.5 Å². The molecule has 1 atom stereocenters. The zero-order chi connectivity index (χ0) is 14.5. The fourth-order valence-electron chi connectivity index (χ4n) is 2.14. The minimum atomic E-state index is -0.578. The van der Waals surface area contributed by atoms with E-state index in [2.05, 4.69) is 5.32 Å². The van der Waals surface area contributed by atoms with Crippen LogP contribution in [0.25, 0.3) is 0 Å². The monoisotopic (exact) mass is 295 g/mol.